The van der Waals surface area contributed by atoms with Crippen LogP contribution in [-0.4, -0.2) is 83.4 Å². The normalized spacial score (nSPS) is 26.9. The Kier molecular flexibility index (Phi) is 11.3. The Bertz CT molecular complexity index is 721. The molecule has 2 heterocycles. The molecule has 36 heavy (non-hydrogen) atoms. The van der Waals surface area contributed by atoms with Gasteiger partial charge in [0, 0.05) is 25.6 Å². The number of ether oxygens (including phenoxy) is 1. The van der Waals surface area contributed by atoms with Crippen LogP contribution in [0.1, 0.15) is 91.4 Å². The Labute approximate surface area is 216 Å². The third kappa shape index (κ3) is 8.33. The zero-order valence-electron chi connectivity index (χ0n) is 22.5. The van der Waals surface area contributed by atoms with E-state index in [4.69, 9.17) is 4.74 Å². The van der Waals surface area contributed by atoms with Crippen LogP contribution in [0.2, 0.25) is 0 Å². The van der Waals surface area contributed by atoms with Crippen molar-refractivity contribution in [2.24, 2.45) is 11.8 Å². The van der Waals surface area contributed by atoms with Gasteiger partial charge in [-0.3, -0.25) is 14.5 Å². The number of rotatable bonds is 8. The molecule has 3 aliphatic rings. The molecular formula is C27H48N4O5. The number of likely N-dealkylation sites (tertiary alicyclic amines) is 1. The van der Waals surface area contributed by atoms with Crippen molar-refractivity contribution in [3.8, 4) is 0 Å². The molecule has 2 saturated heterocycles. The summed E-state index contributed by atoms with van der Waals surface area (Å²) in [6, 6.07) is -1.01. The van der Waals surface area contributed by atoms with Crippen molar-refractivity contribution in [3.05, 3.63) is 0 Å². The Hall–Kier alpha value is -1.87. The van der Waals surface area contributed by atoms with E-state index in [0.29, 0.717) is 51.5 Å². The van der Waals surface area contributed by atoms with E-state index in [2.05, 4.69) is 10.6 Å². The van der Waals surface area contributed by atoms with Crippen LogP contribution in [0.3, 0.4) is 0 Å². The van der Waals surface area contributed by atoms with Gasteiger partial charge in [0.25, 0.3) is 0 Å². The molecule has 206 valence electrons. The Morgan fingerprint density at radius 3 is 2.36 bits per heavy atom. The maximum absolute atomic E-state index is 13.5. The van der Waals surface area contributed by atoms with Gasteiger partial charge in [-0.05, 0) is 50.9 Å². The average molecular weight is 509 g/mol. The van der Waals surface area contributed by atoms with Gasteiger partial charge >= 0.3 is 6.03 Å². The number of carbonyl (C=O) groups is 3. The highest BCUT2D eigenvalue weighted by atomic mass is 16.5. The lowest BCUT2D eigenvalue weighted by Crippen LogP contribution is -2.64. The van der Waals surface area contributed by atoms with E-state index in [1.807, 2.05) is 20.8 Å². The lowest BCUT2D eigenvalue weighted by molar-refractivity contribution is -0.131. The summed E-state index contributed by atoms with van der Waals surface area (Å²) in [5, 5.41) is 16.9. The number of amides is 4. The fourth-order valence-corrected chi connectivity index (χ4v) is 5.80. The van der Waals surface area contributed by atoms with Gasteiger partial charge in [-0.15, -0.1) is 0 Å². The largest absolute Gasteiger partial charge is 0.389 e. The minimum Gasteiger partial charge on any atom is -0.389 e. The van der Waals surface area contributed by atoms with Crippen LogP contribution in [0.4, 0.5) is 4.79 Å². The van der Waals surface area contributed by atoms with E-state index < -0.39 is 18.3 Å². The van der Waals surface area contributed by atoms with Gasteiger partial charge < -0.3 is 25.4 Å². The monoisotopic (exact) mass is 508 g/mol. The summed E-state index contributed by atoms with van der Waals surface area (Å²) in [6.45, 7) is 7.95. The number of aliphatic hydroxyl groups excluding tert-OH is 1. The van der Waals surface area contributed by atoms with Crippen molar-refractivity contribution in [1.82, 2.24) is 20.4 Å². The molecule has 0 aromatic rings. The van der Waals surface area contributed by atoms with Crippen LogP contribution in [0.15, 0.2) is 0 Å². The van der Waals surface area contributed by atoms with Gasteiger partial charge in [0.15, 0.2) is 0 Å². The summed E-state index contributed by atoms with van der Waals surface area (Å²) in [7, 11) is 0. The summed E-state index contributed by atoms with van der Waals surface area (Å²) in [5.74, 6) is 0.359. The molecule has 0 radical (unpaired) electrons. The van der Waals surface area contributed by atoms with Crippen molar-refractivity contribution < 1.29 is 24.2 Å². The first-order valence-electron chi connectivity index (χ1n) is 14.2. The third-order valence-corrected chi connectivity index (χ3v) is 7.92. The minimum absolute atomic E-state index is 0.0996. The highest BCUT2D eigenvalue weighted by Gasteiger charge is 2.40. The Morgan fingerprint density at radius 1 is 1.00 bits per heavy atom. The highest BCUT2D eigenvalue weighted by Crippen LogP contribution is 2.27. The topological polar surface area (TPSA) is 111 Å². The highest BCUT2D eigenvalue weighted by molar-refractivity contribution is 5.88. The SMILES string of the molecule is CC(C)CC(NC(=O)CCC1CCCCC1)C(=O)N[C@@H]1[C@@H](O)CCC[C@@H](C)N1C(=O)N1CCOCC1. The van der Waals surface area contributed by atoms with Crippen LogP contribution in [-0.2, 0) is 14.3 Å². The quantitative estimate of drug-likeness (QED) is 0.467. The number of hydrogen-bond donors (Lipinski definition) is 3. The van der Waals surface area contributed by atoms with Crippen LogP contribution < -0.4 is 10.6 Å². The molecule has 1 saturated carbocycles. The number of hydrogen-bond acceptors (Lipinski definition) is 5. The molecule has 3 fully saturated rings. The van der Waals surface area contributed by atoms with Gasteiger partial charge in [-0.25, -0.2) is 4.79 Å². The molecule has 0 aromatic heterocycles. The first-order chi connectivity index (χ1) is 17.3. The summed E-state index contributed by atoms with van der Waals surface area (Å²) >= 11 is 0. The van der Waals surface area contributed by atoms with E-state index >= 15 is 0 Å². The van der Waals surface area contributed by atoms with E-state index in [1.54, 1.807) is 9.80 Å². The molecule has 1 unspecified atom stereocenters. The zero-order valence-corrected chi connectivity index (χ0v) is 22.5. The van der Waals surface area contributed by atoms with E-state index in [0.717, 1.165) is 19.3 Å². The van der Waals surface area contributed by atoms with Crippen LogP contribution in [0.25, 0.3) is 0 Å². The smallest absolute Gasteiger partial charge is 0.322 e. The molecule has 0 bridgehead atoms. The van der Waals surface area contributed by atoms with Gasteiger partial charge in [0.2, 0.25) is 11.8 Å². The summed E-state index contributed by atoms with van der Waals surface area (Å²) in [5.41, 5.74) is 0. The first kappa shape index (κ1) is 28.7. The molecule has 9 heteroatoms. The molecule has 3 N–H and O–H groups in total. The number of nitrogens with zero attached hydrogens (tertiary/aromatic N) is 2. The van der Waals surface area contributed by atoms with Crippen LogP contribution >= 0.6 is 0 Å². The molecule has 9 nitrogen and oxygen atoms in total. The van der Waals surface area contributed by atoms with E-state index in [9.17, 15) is 19.5 Å². The standard InChI is InChI=1S/C27H48N4O5/c1-19(2)18-22(28-24(33)13-12-21-9-5-4-6-10-21)26(34)29-25-23(32)11-7-8-20(3)31(25)27(35)30-14-16-36-17-15-30/h19-23,25,32H,4-18H2,1-3H3,(H,28,33)(H,29,34)/t20-,22?,23+,25+/m1/s1. The fourth-order valence-electron chi connectivity index (χ4n) is 5.80. The molecule has 4 amide bonds. The first-order valence-corrected chi connectivity index (χ1v) is 14.2. The molecule has 3 rings (SSSR count). The van der Waals surface area contributed by atoms with E-state index in [-0.39, 0.29) is 29.8 Å². The zero-order chi connectivity index (χ0) is 26.1. The van der Waals surface area contributed by atoms with Crippen LogP contribution in [0.5, 0.6) is 0 Å². The molecule has 1 aliphatic carbocycles. The van der Waals surface area contributed by atoms with E-state index in [1.165, 1.54) is 32.1 Å². The number of carbonyl (C=O) groups excluding carboxylic acids is 3. The lowest BCUT2D eigenvalue weighted by Gasteiger charge is -2.41. The minimum atomic E-state index is -0.870. The van der Waals surface area contributed by atoms with Crippen molar-refractivity contribution in [1.29, 1.82) is 0 Å². The fraction of sp³-hybridized carbons (Fsp3) is 0.889. The third-order valence-electron chi connectivity index (χ3n) is 7.92. The van der Waals surface area contributed by atoms with Crippen LogP contribution in [0, 0.1) is 11.8 Å². The van der Waals surface area contributed by atoms with Crippen molar-refractivity contribution >= 4 is 17.8 Å². The Morgan fingerprint density at radius 2 is 1.69 bits per heavy atom. The second-order valence-electron chi connectivity index (χ2n) is 11.4. The number of urea groups is 1. The van der Waals surface area contributed by atoms with Gasteiger partial charge in [0.1, 0.15) is 12.2 Å². The average Bonchev–Trinajstić information content (AvgIpc) is 3.00. The predicted molar refractivity (Wildman–Crippen MR) is 138 cm³/mol. The van der Waals surface area contributed by atoms with Gasteiger partial charge in [-0.2, -0.15) is 0 Å². The number of morpholine rings is 1. The molecule has 4 atom stereocenters. The second kappa shape index (κ2) is 14.2. The molecule has 0 aromatic carbocycles. The van der Waals surface area contributed by atoms with Gasteiger partial charge in [0.05, 0.1) is 19.3 Å². The maximum Gasteiger partial charge on any atom is 0.322 e. The molecular weight excluding hydrogens is 460 g/mol. The van der Waals surface area contributed by atoms with Gasteiger partial charge in [-0.1, -0.05) is 46.0 Å². The predicted octanol–water partition coefficient (Wildman–Crippen LogP) is 3.01. The molecule has 2 aliphatic heterocycles. The summed E-state index contributed by atoms with van der Waals surface area (Å²) < 4.78 is 5.39. The number of nitrogens with one attached hydrogen (secondary N) is 2. The van der Waals surface area contributed by atoms with Crippen molar-refractivity contribution in [3.63, 3.8) is 0 Å². The van der Waals surface area contributed by atoms with Crippen molar-refractivity contribution in [2.75, 3.05) is 26.3 Å². The number of aliphatic hydroxyl groups is 1. The summed E-state index contributed by atoms with van der Waals surface area (Å²) in [4.78, 5) is 43.1. The molecule has 0 spiro atoms. The van der Waals surface area contributed by atoms with Crippen molar-refractivity contribution in [2.45, 2.75) is 116 Å². The lowest BCUT2D eigenvalue weighted by atomic mass is 9.86. The Balaban J connectivity index is 1.67. The second-order valence-corrected chi connectivity index (χ2v) is 11.4. The summed E-state index contributed by atoms with van der Waals surface area (Å²) in [6.07, 6.45) is 8.27. The maximum atomic E-state index is 13.5.